The molecule has 1 amide bonds. The molecule has 10 heteroatoms. The molecule has 186 valence electrons. The maximum atomic E-state index is 12.7. The number of carbonyl (C=O) groups excluding carboxylic acids is 3. The number of thiophene rings is 1. The molecule has 0 saturated carbocycles. The summed E-state index contributed by atoms with van der Waals surface area (Å²) in [6, 6.07) is 2.98. The van der Waals surface area contributed by atoms with Gasteiger partial charge in [-0.2, -0.15) is 0 Å². The Balaban J connectivity index is 2.16. The molecule has 0 aliphatic rings. The van der Waals surface area contributed by atoms with Gasteiger partial charge in [-0.15, -0.1) is 11.3 Å². The molecule has 0 radical (unpaired) electrons. The number of carbonyl (C=O) groups is 3. The molecule has 1 heterocycles. The van der Waals surface area contributed by atoms with E-state index < -0.39 is 24.5 Å². The normalized spacial score (nSPS) is 10.4. The molecule has 0 aliphatic carbocycles. The van der Waals surface area contributed by atoms with Crippen LogP contribution in [0, 0.1) is 13.8 Å². The minimum Gasteiger partial charge on any atom is -0.490 e. The summed E-state index contributed by atoms with van der Waals surface area (Å²) >= 11 is 1.25. The Hall–Kier alpha value is -3.27. The molecule has 0 spiro atoms. The van der Waals surface area contributed by atoms with E-state index in [1.165, 1.54) is 23.5 Å². The van der Waals surface area contributed by atoms with E-state index in [1.54, 1.807) is 13.8 Å². The number of aryl methyl sites for hydroxylation is 1. The highest BCUT2D eigenvalue weighted by atomic mass is 32.1. The van der Waals surface area contributed by atoms with Crippen molar-refractivity contribution >= 4 is 34.2 Å². The van der Waals surface area contributed by atoms with E-state index in [1.807, 2.05) is 27.7 Å². The van der Waals surface area contributed by atoms with Crippen molar-refractivity contribution in [1.29, 1.82) is 0 Å². The van der Waals surface area contributed by atoms with E-state index in [0.717, 1.165) is 10.4 Å². The van der Waals surface area contributed by atoms with Gasteiger partial charge in [0.1, 0.15) is 5.00 Å². The standard InChI is InChI=1S/C24H31NO8S/c1-7-29-17-11-16(12-18(30-8-2)21(17)31-9-3)23(27)33-13-19(26)25-22-20(24(28)32-10-4)14(5)15(6)34-22/h11-12H,7-10,13H2,1-6H3,(H,25,26). The van der Waals surface area contributed by atoms with Crippen molar-refractivity contribution in [1.82, 2.24) is 0 Å². The molecule has 2 rings (SSSR count). The Morgan fingerprint density at radius 2 is 1.41 bits per heavy atom. The van der Waals surface area contributed by atoms with Crippen LogP contribution < -0.4 is 19.5 Å². The number of esters is 2. The highest BCUT2D eigenvalue weighted by Crippen LogP contribution is 2.39. The van der Waals surface area contributed by atoms with Gasteiger partial charge in [0.15, 0.2) is 18.1 Å². The van der Waals surface area contributed by atoms with Gasteiger partial charge < -0.3 is 29.0 Å². The first-order valence-electron chi connectivity index (χ1n) is 11.1. The summed E-state index contributed by atoms with van der Waals surface area (Å²) in [5.41, 5.74) is 1.19. The Labute approximate surface area is 203 Å². The maximum Gasteiger partial charge on any atom is 0.341 e. The zero-order valence-corrected chi connectivity index (χ0v) is 21.2. The fourth-order valence-corrected chi connectivity index (χ4v) is 4.11. The summed E-state index contributed by atoms with van der Waals surface area (Å²) in [5, 5.41) is 2.99. The summed E-state index contributed by atoms with van der Waals surface area (Å²) in [7, 11) is 0. The van der Waals surface area contributed by atoms with Gasteiger partial charge in [0.05, 0.1) is 37.6 Å². The molecule has 0 fully saturated rings. The van der Waals surface area contributed by atoms with Crippen LogP contribution in [0.3, 0.4) is 0 Å². The van der Waals surface area contributed by atoms with Gasteiger partial charge in [0.25, 0.3) is 5.91 Å². The van der Waals surface area contributed by atoms with Crippen molar-refractivity contribution < 1.29 is 38.1 Å². The number of benzene rings is 1. The lowest BCUT2D eigenvalue weighted by Gasteiger charge is -2.16. The number of anilines is 1. The molecule has 0 unspecified atom stereocenters. The van der Waals surface area contributed by atoms with Crippen LogP contribution in [0.5, 0.6) is 17.2 Å². The quantitative estimate of drug-likeness (QED) is 0.430. The van der Waals surface area contributed by atoms with Gasteiger partial charge in [-0.25, -0.2) is 9.59 Å². The fourth-order valence-electron chi connectivity index (χ4n) is 3.05. The van der Waals surface area contributed by atoms with Gasteiger partial charge >= 0.3 is 11.9 Å². The molecule has 1 aromatic carbocycles. The molecular formula is C24H31NO8S. The van der Waals surface area contributed by atoms with Crippen LogP contribution >= 0.6 is 11.3 Å². The summed E-state index contributed by atoms with van der Waals surface area (Å²) in [5.74, 6) is -0.746. The third-order valence-electron chi connectivity index (χ3n) is 4.60. The second kappa shape index (κ2) is 12.8. The lowest BCUT2D eigenvalue weighted by molar-refractivity contribution is -0.119. The van der Waals surface area contributed by atoms with Crippen LogP contribution in [0.4, 0.5) is 5.00 Å². The van der Waals surface area contributed by atoms with Crippen LogP contribution in [0.15, 0.2) is 12.1 Å². The molecule has 1 N–H and O–H groups in total. The lowest BCUT2D eigenvalue weighted by Crippen LogP contribution is -2.22. The van der Waals surface area contributed by atoms with Gasteiger partial charge in [-0.3, -0.25) is 4.79 Å². The van der Waals surface area contributed by atoms with Crippen LogP contribution in [-0.4, -0.2) is 50.9 Å². The first-order valence-corrected chi connectivity index (χ1v) is 11.9. The van der Waals surface area contributed by atoms with Crippen molar-refractivity contribution in [3.8, 4) is 17.2 Å². The van der Waals surface area contributed by atoms with E-state index in [-0.39, 0.29) is 12.2 Å². The van der Waals surface area contributed by atoms with Gasteiger partial charge in [0, 0.05) is 4.88 Å². The summed E-state index contributed by atoms with van der Waals surface area (Å²) in [4.78, 5) is 38.3. The minimum absolute atomic E-state index is 0.151. The van der Waals surface area contributed by atoms with Gasteiger partial charge in [-0.05, 0) is 59.2 Å². The first kappa shape index (κ1) is 27.0. The summed E-state index contributed by atoms with van der Waals surface area (Å²) < 4.78 is 27.1. The predicted molar refractivity (Wildman–Crippen MR) is 129 cm³/mol. The van der Waals surface area contributed by atoms with E-state index >= 15 is 0 Å². The molecule has 0 saturated heterocycles. The zero-order chi connectivity index (χ0) is 25.3. The van der Waals surface area contributed by atoms with Gasteiger partial charge in [-0.1, -0.05) is 0 Å². The van der Waals surface area contributed by atoms with E-state index in [9.17, 15) is 14.4 Å². The average molecular weight is 494 g/mol. The minimum atomic E-state index is -0.732. The number of hydrogen-bond donors (Lipinski definition) is 1. The largest absolute Gasteiger partial charge is 0.490 e. The van der Waals surface area contributed by atoms with Crippen LogP contribution in [0.2, 0.25) is 0 Å². The molecule has 34 heavy (non-hydrogen) atoms. The average Bonchev–Trinajstić information content (AvgIpc) is 3.07. The number of hydrogen-bond acceptors (Lipinski definition) is 9. The summed E-state index contributed by atoms with van der Waals surface area (Å²) in [6.45, 7) is 11.6. The molecule has 9 nitrogen and oxygen atoms in total. The smallest absolute Gasteiger partial charge is 0.341 e. The van der Waals surface area contributed by atoms with Crippen LogP contribution in [0.25, 0.3) is 0 Å². The third kappa shape index (κ3) is 6.63. The Morgan fingerprint density at radius 1 is 0.824 bits per heavy atom. The van der Waals surface area contributed by atoms with Crippen LogP contribution in [0.1, 0.15) is 58.9 Å². The molecule has 2 aromatic rings. The molecule has 0 atom stereocenters. The molecular weight excluding hydrogens is 462 g/mol. The van der Waals surface area contributed by atoms with Crippen molar-refractivity contribution in [2.45, 2.75) is 41.5 Å². The molecule has 0 aliphatic heterocycles. The predicted octanol–water partition coefficient (Wildman–Crippen LogP) is 4.53. The highest BCUT2D eigenvalue weighted by molar-refractivity contribution is 7.16. The van der Waals surface area contributed by atoms with Crippen molar-refractivity contribution in [2.75, 3.05) is 38.4 Å². The Bertz CT molecular complexity index is 1000. The summed E-state index contributed by atoms with van der Waals surface area (Å²) in [6.07, 6.45) is 0. The van der Waals surface area contributed by atoms with E-state index in [0.29, 0.717) is 47.6 Å². The lowest BCUT2D eigenvalue weighted by atomic mass is 10.1. The zero-order valence-electron chi connectivity index (χ0n) is 20.4. The number of nitrogens with one attached hydrogen (secondary N) is 1. The second-order valence-electron chi connectivity index (χ2n) is 6.93. The first-order chi connectivity index (χ1) is 16.3. The topological polar surface area (TPSA) is 109 Å². The van der Waals surface area contributed by atoms with Gasteiger partial charge in [0.2, 0.25) is 5.75 Å². The SMILES string of the molecule is CCOC(=O)c1c(NC(=O)COC(=O)c2cc(OCC)c(OCC)c(OCC)c2)sc(C)c1C. The van der Waals surface area contributed by atoms with Crippen LogP contribution in [-0.2, 0) is 14.3 Å². The Morgan fingerprint density at radius 3 is 1.94 bits per heavy atom. The van der Waals surface area contributed by atoms with Crippen molar-refractivity contribution in [3.63, 3.8) is 0 Å². The fraction of sp³-hybridized carbons (Fsp3) is 0.458. The highest BCUT2D eigenvalue weighted by Gasteiger charge is 2.23. The maximum absolute atomic E-state index is 12.7. The number of rotatable bonds is 12. The molecule has 1 aromatic heterocycles. The van der Waals surface area contributed by atoms with E-state index in [2.05, 4.69) is 5.32 Å². The number of amides is 1. The third-order valence-corrected chi connectivity index (χ3v) is 5.72. The van der Waals surface area contributed by atoms with Crippen molar-refractivity contribution in [3.05, 3.63) is 33.7 Å². The number of ether oxygens (including phenoxy) is 5. The monoisotopic (exact) mass is 493 g/mol. The van der Waals surface area contributed by atoms with E-state index in [4.69, 9.17) is 23.7 Å². The second-order valence-corrected chi connectivity index (χ2v) is 8.16. The van der Waals surface area contributed by atoms with Crippen molar-refractivity contribution in [2.24, 2.45) is 0 Å². The molecule has 0 bridgehead atoms. The Kier molecular flexibility index (Phi) is 10.2.